The van der Waals surface area contributed by atoms with Crippen LogP contribution >= 0.6 is 23.2 Å². The summed E-state index contributed by atoms with van der Waals surface area (Å²) in [6.07, 6.45) is -2.43. The van der Waals surface area contributed by atoms with Crippen LogP contribution in [-0.2, 0) is 11.8 Å². The van der Waals surface area contributed by atoms with Gasteiger partial charge in [0.05, 0.1) is 18.1 Å². The molecule has 9 heteroatoms. The zero-order valence-corrected chi connectivity index (χ0v) is 16.0. The van der Waals surface area contributed by atoms with Gasteiger partial charge in [0, 0.05) is 12.0 Å². The van der Waals surface area contributed by atoms with Gasteiger partial charge in [-0.05, 0) is 31.0 Å². The number of rotatable bonds is 6. The van der Waals surface area contributed by atoms with Crippen LogP contribution < -0.4 is 4.74 Å². The minimum Gasteiger partial charge on any atom is -0.494 e. The number of hydrogen-bond donors (Lipinski definition) is 1. The smallest absolute Gasteiger partial charge is 0.200 e. The molecule has 152 valence electrons. The Morgan fingerprint density at radius 2 is 1.43 bits per heavy atom. The summed E-state index contributed by atoms with van der Waals surface area (Å²) in [4.78, 5) is 0. The van der Waals surface area contributed by atoms with E-state index in [2.05, 4.69) is 0 Å². The second kappa shape index (κ2) is 7.35. The van der Waals surface area contributed by atoms with E-state index in [1.165, 1.54) is 0 Å². The van der Waals surface area contributed by atoms with Gasteiger partial charge in [0.15, 0.2) is 23.3 Å². The van der Waals surface area contributed by atoms with Crippen LogP contribution in [0.3, 0.4) is 0 Å². The fourth-order valence-corrected chi connectivity index (χ4v) is 4.28. The van der Waals surface area contributed by atoms with Crippen molar-refractivity contribution in [2.24, 2.45) is 0 Å². The third-order valence-electron chi connectivity index (χ3n) is 4.98. The second-order valence-electron chi connectivity index (χ2n) is 6.58. The first-order chi connectivity index (χ1) is 13.1. The highest BCUT2D eigenvalue weighted by Gasteiger charge is 2.70. The summed E-state index contributed by atoms with van der Waals surface area (Å²) >= 11 is 12.4. The van der Waals surface area contributed by atoms with Crippen molar-refractivity contribution in [1.29, 1.82) is 0 Å². The zero-order valence-electron chi connectivity index (χ0n) is 14.5. The highest BCUT2D eigenvalue weighted by atomic mass is 35.5. The Kier molecular flexibility index (Phi) is 5.55. The Bertz CT molecular complexity index is 875. The first-order valence-electron chi connectivity index (χ1n) is 8.36. The molecule has 0 spiro atoms. The van der Waals surface area contributed by atoms with Crippen molar-refractivity contribution in [2.45, 2.75) is 35.6 Å². The van der Waals surface area contributed by atoms with Gasteiger partial charge in [-0.2, -0.15) is 0 Å². The molecule has 0 heterocycles. The zero-order chi connectivity index (χ0) is 20.9. The lowest BCUT2D eigenvalue weighted by Crippen LogP contribution is -2.34. The highest BCUT2D eigenvalue weighted by molar-refractivity contribution is 6.52. The molecule has 1 fully saturated rings. The molecule has 0 amide bonds. The molecular weight excluding hydrogens is 426 g/mol. The minimum atomic E-state index is -2.26. The average molecular weight is 441 g/mol. The Morgan fingerprint density at radius 1 is 0.964 bits per heavy atom. The van der Waals surface area contributed by atoms with E-state index in [0.29, 0.717) is 17.9 Å². The summed E-state index contributed by atoms with van der Waals surface area (Å²) in [6.45, 7) is 2.23. The lowest BCUT2D eigenvalue weighted by atomic mass is 9.86. The van der Waals surface area contributed by atoms with Crippen LogP contribution in [0.4, 0.5) is 22.0 Å². The lowest BCUT2D eigenvalue weighted by molar-refractivity contribution is 0.127. The number of hydrogen-bond acceptors (Lipinski definition) is 2. The Balaban J connectivity index is 1.97. The first-order valence-corrected chi connectivity index (χ1v) is 9.12. The van der Waals surface area contributed by atoms with E-state index in [0.717, 1.165) is 0 Å². The molecule has 28 heavy (non-hydrogen) atoms. The van der Waals surface area contributed by atoms with Crippen molar-refractivity contribution in [3.63, 3.8) is 0 Å². The summed E-state index contributed by atoms with van der Waals surface area (Å²) < 4.78 is 72.0. The summed E-state index contributed by atoms with van der Waals surface area (Å²) in [6, 6.07) is 6.38. The number of ether oxygens (including phenoxy) is 1. The summed E-state index contributed by atoms with van der Waals surface area (Å²) in [7, 11) is 0. The van der Waals surface area contributed by atoms with Crippen LogP contribution in [0.1, 0.15) is 24.5 Å². The van der Waals surface area contributed by atoms with Gasteiger partial charge in [-0.25, -0.2) is 22.0 Å². The van der Waals surface area contributed by atoms with Crippen LogP contribution in [0.15, 0.2) is 24.3 Å². The minimum absolute atomic E-state index is 0.0354. The van der Waals surface area contributed by atoms with Crippen LogP contribution in [0.25, 0.3) is 0 Å². The molecule has 1 aliphatic carbocycles. The number of aliphatic hydroxyl groups is 1. The van der Waals surface area contributed by atoms with E-state index in [9.17, 15) is 27.1 Å². The molecule has 2 aromatic rings. The van der Waals surface area contributed by atoms with Gasteiger partial charge in [0.25, 0.3) is 0 Å². The van der Waals surface area contributed by atoms with Crippen LogP contribution in [0.5, 0.6) is 5.75 Å². The van der Waals surface area contributed by atoms with Gasteiger partial charge in [-0.3, -0.25) is 0 Å². The van der Waals surface area contributed by atoms with Crippen molar-refractivity contribution in [3.05, 3.63) is 64.5 Å². The molecular formula is C19H15Cl2F5O2. The maximum Gasteiger partial charge on any atom is 0.200 e. The third kappa shape index (κ3) is 3.23. The van der Waals surface area contributed by atoms with Crippen molar-refractivity contribution < 1.29 is 31.8 Å². The molecule has 2 atom stereocenters. The van der Waals surface area contributed by atoms with Crippen molar-refractivity contribution in [2.75, 3.05) is 6.61 Å². The fourth-order valence-electron chi connectivity index (χ4n) is 3.39. The Labute approximate surface area is 167 Å². The van der Waals surface area contributed by atoms with E-state index in [-0.39, 0.29) is 6.42 Å². The number of aliphatic hydroxyl groups excluding tert-OH is 1. The van der Waals surface area contributed by atoms with E-state index in [1.807, 2.05) is 0 Å². The first kappa shape index (κ1) is 21.1. The van der Waals surface area contributed by atoms with E-state index >= 15 is 0 Å². The fraction of sp³-hybridized carbons (Fsp3) is 0.368. The van der Waals surface area contributed by atoms with Gasteiger partial charge in [0.2, 0.25) is 5.82 Å². The van der Waals surface area contributed by atoms with Gasteiger partial charge in [-0.15, -0.1) is 23.2 Å². The lowest BCUT2D eigenvalue weighted by Gasteiger charge is -2.26. The molecule has 1 aliphatic rings. The van der Waals surface area contributed by atoms with Gasteiger partial charge in [0.1, 0.15) is 10.1 Å². The molecule has 0 aromatic heterocycles. The number of alkyl halides is 2. The molecule has 2 nitrogen and oxygen atoms in total. The summed E-state index contributed by atoms with van der Waals surface area (Å²) in [5, 5.41) is 10.7. The maximum atomic E-state index is 14.0. The van der Waals surface area contributed by atoms with Crippen LogP contribution in [0.2, 0.25) is 0 Å². The number of benzene rings is 2. The monoisotopic (exact) mass is 440 g/mol. The molecule has 0 aliphatic heterocycles. The quantitative estimate of drug-likeness (QED) is 0.289. The van der Waals surface area contributed by atoms with Crippen LogP contribution in [-0.4, -0.2) is 22.2 Å². The largest absolute Gasteiger partial charge is 0.494 e. The van der Waals surface area contributed by atoms with Crippen LogP contribution in [0, 0.1) is 29.1 Å². The average Bonchev–Trinajstić information content (AvgIpc) is 3.26. The van der Waals surface area contributed by atoms with E-state index in [1.54, 1.807) is 31.2 Å². The third-order valence-corrected chi connectivity index (χ3v) is 5.92. The van der Waals surface area contributed by atoms with Gasteiger partial charge < -0.3 is 9.84 Å². The molecule has 0 saturated heterocycles. The molecule has 3 rings (SSSR count). The molecule has 1 N–H and O–H groups in total. The maximum absolute atomic E-state index is 14.0. The Morgan fingerprint density at radius 3 is 1.86 bits per heavy atom. The van der Waals surface area contributed by atoms with Crippen molar-refractivity contribution in [3.8, 4) is 5.75 Å². The summed E-state index contributed by atoms with van der Waals surface area (Å²) in [5.41, 5.74) is -2.00. The highest BCUT2D eigenvalue weighted by Crippen LogP contribution is 2.67. The van der Waals surface area contributed by atoms with Crippen molar-refractivity contribution >= 4 is 23.2 Å². The molecule has 2 unspecified atom stereocenters. The number of halogens is 7. The second-order valence-corrected chi connectivity index (χ2v) is 8.06. The standard InChI is InChI=1S/C19H15Cl2F5O2/c1-2-28-10-5-3-9(4-6-10)18(8-19(18,20)21)12(27)7-11-13(22)15(24)17(26)16(25)14(11)23/h3-6,12,27H,2,7-8H2,1H3. The molecule has 0 bridgehead atoms. The SMILES string of the molecule is CCOc1ccc(C2(C(O)Cc3c(F)c(F)c(F)c(F)c3F)CC2(Cl)Cl)cc1. The molecule has 1 saturated carbocycles. The van der Waals surface area contributed by atoms with Crippen molar-refractivity contribution in [1.82, 2.24) is 0 Å². The molecule has 2 aromatic carbocycles. The van der Waals surface area contributed by atoms with E-state index in [4.69, 9.17) is 27.9 Å². The predicted molar refractivity (Wildman–Crippen MR) is 94.3 cm³/mol. The topological polar surface area (TPSA) is 29.5 Å². The van der Waals surface area contributed by atoms with Gasteiger partial charge in [-0.1, -0.05) is 12.1 Å². The predicted octanol–water partition coefficient (Wildman–Crippen LogP) is 5.20. The van der Waals surface area contributed by atoms with Gasteiger partial charge >= 0.3 is 0 Å². The Hall–Kier alpha value is -1.57. The van der Waals surface area contributed by atoms with E-state index < -0.39 is 56.9 Å². The summed E-state index contributed by atoms with van der Waals surface area (Å²) in [5.74, 6) is -9.85. The molecule has 0 radical (unpaired) electrons. The normalized spacial score (nSPS) is 21.5.